The van der Waals surface area contributed by atoms with Gasteiger partial charge >= 0.3 is 0 Å². The molecule has 5 heteroatoms. The summed E-state index contributed by atoms with van der Waals surface area (Å²) < 4.78 is 4.08. The fourth-order valence-corrected chi connectivity index (χ4v) is 3.89. The smallest absolute Gasteiger partial charge is 0.139 e. The van der Waals surface area contributed by atoms with Gasteiger partial charge in [-0.05, 0) is 50.2 Å². The molecule has 17 heavy (non-hydrogen) atoms. The largest absolute Gasteiger partial charge is 0.383 e. The molecule has 2 unspecified atom stereocenters. The first-order valence-electron chi connectivity index (χ1n) is 6.40. The third-order valence-electron chi connectivity index (χ3n) is 4.29. The highest BCUT2D eigenvalue weighted by Crippen LogP contribution is 2.37. The van der Waals surface area contributed by atoms with E-state index in [9.17, 15) is 0 Å². The van der Waals surface area contributed by atoms with Crippen molar-refractivity contribution in [3.63, 3.8) is 0 Å². The summed E-state index contributed by atoms with van der Waals surface area (Å²) >= 11 is 1.46. The number of aromatic nitrogens is 1. The maximum Gasteiger partial charge on any atom is 0.139 e. The predicted molar refractivity (Wildman–Crippen MR) is 72.3 cm³/mol. The van der Waals surface area contributed by atoms with E-state index < -0.39 is 0 Å². The van der Waals surface area contributed by atoms with E-state index in [4.69, 9.17) is 5.73 Å². The minimum atomic E-state index is 0.626. The van der Waals surface area contributed by atoms with Crippen LogP contribution < -0.4 is 11.1 Å². The lowest BCUT2D eigenvalue weighted by Gasteiger charge is -2.36. The molecule has 0 spiro atoms. The van der Waals surface area contributed by atoms with Crippen LogP contribution in [0.2, 0.25) is 0 Å². The van der Waals surface area contributed by atoms with E-state index in [-0.39, 0.29) is 0 Å². The molecule has 1 aromatic heterocycles. The lowest BCUT2D eigenvalue weighted by molar-refractivity contribution is 0.139. The van der Waals surface area contributed by atoms with Gasteiger partial charge in [-0.15, -0.1) is 0 Å². The van der Waals surface area contributed by atoms with Gasteiger partial charge in [-0.3, -0.25) is 0 Å². The number of nitrogens with one attached hydrogen (secondary N) is 1. The Morgan fingerprint density at radius 3 is 2.76 bits per heavy atom. The number of hydrogen-bond acceptors (Lipinski definition) is 5. The highest BCUT2D eigenvalue weighted by Gasteiger charge is 2.38. The molecule has 3 rings (SSSR count). The first-order chi connectivity index (χ1) is 8.22. The van der Waals surface area contributed by atoms with Gasteiger partial charge in [0.25, 0.3) is 0 Å². The highest BCUT2D eigenvalue weighted by atomic mass is 32.1. The zero-order valence-electron chi connectivity index (χ0n) is 10.2. The number of rotatable bonds is 3. The van der Waals surface area contributed by atoms with Crippen molar-refractivity contribution in [3.05, 3.63) is 6.07 Å². The normalized spacial score (nSPS) is 32.9. The van der Waals surface area contributed by atoms with Gasteiger partial charge in [0.05, 0.1) is 0 Å². The monoisotopic (exact) mass is 252 g/mol. The Balaban J connectivity index is 1.54. The summed E-state index contributed by atoms with van der Waals surface area (Å²) in [6.45, 7) is 1.07. The van der Waals surface area contributed by atoms with Gasteiger partial charge in [0.15, 0.2) is 0 Å². The Hall–Kier alpha value is -0.810. The average Bonchev–Trinajstić information content (AvgIpc) is 2.78. The molecule has 0 aliphatic carbocycles. The van der Waals surface area contributed by atoms with Crippen LogP contribution in [0.25, 0.3) is 0 Å². The maximum atomic E-state index is 5.61. The van der Waals surface area contributed by atoms with E-state index in [1.54, 1.807) is 0 Å². The molecule has 3 heterocycles. The fourth-order valence-electron chi connectivity index (χ4n) is 3.31. The molecular weight excluding hydrogens is 232 g/mol. The van der Waals surface area contributed by atoms with Crippen LogP contribution in [0, 0.1) is 5.92 Å². The predicted octanol–water partition coefficient (Wildman–Crippen LogP) is 2.01. The molecule has 94 valence electrons. The number of anilines is 2. The Kier molecular flexibility index (Phi) is 2.96. The summed E-state index contributed by atoms with van der Waals surface area (Å²) in [5.74, 6) is 1.44. The van der Waals surface area contributed by atoms with Crippen LogP contribution in [0.1, 0.15) is 25.7 Å². The second-order valence-corrected chi connectivity index (χ2v) is 6.19. The van der Waals surface area contributed by atoms with Crippen LogP contribution in [-0.4, -0.2) is 34.9 Å². The minimum Gasteiger partial charge on any atom is -0.383 e. The van der Waals surface area contributed by atoms with Gasteiger partial charge in [0, 0.05) is 24.7 Å². The van der Waals surface area contributed by atoms with Gasteiger partial charge in [0.1, 0.15) is 10.8 Å². The Morgan fingerprint density at radius 2 is 2.18 bits per heavy atom. The first-order valence-corrected chi connectivity index (χ1v) is 7.17. The fraction of sp³-hybridized carbons (Fsp3) is 0.750. The van der Waals surface area contributed by atoms with E-state index in [0.29, 0.717) is 5.82 Å². The molecule has 0 saturated carbocycles. The SMILES string of the molecule is CN1C2CCC1CC(CNc1cc(N)ns1)C2. The standard InChI is InChI=1S/C12H20N4S/c1-16-9-2-3-10(16)5-8(4-9)7-14-12-6-11(13)15-17-12/h6,8-10,14H,2-5,7H2,1H3,(H2,13,15). The van der Waals surface area contributed by atoms with Gasteiger partial charge in [0.2, 0.25) is 0 Å². The zero-order valence-corrected chi connectivity index (χ0v) is 11.0. The molecule has 2 fully saturated rings. The number of fused-ring (bicyclic) bond motifs is 2. The van der Waals surface area contributed by atoms with Gasteiger partial charge in [-0.2, -0.15) is 4.37 Å². The molecule has 2 aliphatic rings. The molecular formula is C12H20N4S. The van der Waals surface area contributed by atoms with Gasteiger partial charge < -0.3 is 16.0 Å². The molecule has 4 nitrogen and oxygen atoms in total. The second-order valence-electron chi connectivity index (χ2n) is 5.38. The van der Waals surface area contributed by atoms with Crippen LogP contribution in [0.5, 0.6) is 0 Å². The molecule has 1 aromatic rings. The Labute approximate surface area is 106 Å². The number of hydrogen-bond donors (Lipinski definition) is 2. The second kappa shape index (κ2) is 4.46. The van der Waals surface area contributed by atoms with Crippen molar-refractivity contribution in [2.45, 2.75) is 37.8 Å². The van der Waals surface area contributed by atoms with Crippen LogP contribution in [0.4, 0.5) is 10.8 Å². The van der Waals surface area contributed by atoms with Crippen molar-refractivity contribution in [3.8, 4) is 0 Å². The average molecular weight is 252 g/mol. The van der Waals surface area contributed by atoms with Crippen molar-refractivity contribution in [1.29, 1.82) is 0 Å². The number of nitrogens with two attached hydrogens (primary N) is 1. The van der Waals surface area contributed by atoms with Crippen molar-refractivity contribution in [2.24, 2.45) is 5.92 Å². The molecule has 2 atom stereocenters. The van der Waals surface area contributed by atoms with E-state index in [1.165, 1.54) is 37.2 Å². The molecule has 0 radical (unpaired) electrons. The minimum absolute atomic E-state index is 0.626. The topological polar surface area (TPSA) is 54.2 Å². The van der Waals surface area contributed by atoms with E-state index >= 15 is 0 Å². The quantitative estimate of drug-likeness (QED) is 0.864. The summed E-state index contributed by atoms with van der Waals surface area (Å²) in [7, 11) is 2.29. The zero-order chi connectivity index (χ0) is 11.8. The third-order valence-corrected chi connectivity index (χ3v) is 5.05. The van der Waals surface area contributed by atoms with Crippen molar-refractivity contribution in [2.75, 3.05) is 24.6 Å². The maximum absolute atomic E-state index is 5.61. The molecule has 2 bridgehead atoms. The number of nitrogen functional groups attached to an aromatic ring is 1. The highest BCUT2D eigenvalue weighted by molar-refractivity contribution is 7.10. The number of nitrogens with zero attached hydrogens (tertiary/aromatic N) is 2. The summed E-state index contributed by atoms with van der Waals surface area (Å²) in [6.07, 6.45) is 5.47. The van der Waals surface area contributed by atoms with Gasteiger partial charge in [-0.1, -0.05) is 0 Å². The molecule has 0 amide bonds. The van der Waals surface area contributed by atoms with E-state index in [2.05, 4.69) is 21.6 Å². The summed E-state index contributed by atoms with van der Waals surface area (Å²) in [4.78, 5) is 2.58. The molecule has 0 aromatic carbocycles. The lowest BCUT2D eigenvalue weighted by Crippen LogP contribution is -2.41. The molecule has 3 N–H and O–H groups in total. The van der Waals surface area contributed by atoms with E-state index in [1.807, 2.05) is 6.07 Å². The molecule has 2 aliphatic heterocycles. The third kappa shape index (κ3) is 2.26. The van der Waals surface area contributed by atoms with Crippen molar-refractivity contribution >= 4 is 22.4 Å². The van der Waals surface area contributed by atoms with Crippen LogP contribution in [-0.2, 0) is 0 Å². The van der Waals surface area contributed by atoms with Crippen molar-refractivity contribution in [1.82, 2.24) is 9.27 Å². The summed E-state index contributed by atoms with van der Waals surface area (Å²) in [5, 5.41) is 4.58. The lowest BCUT2D eigenvalue weighted by atomic mass is 9.91. The van der Waals surface area contributed by atoms with Crippen LogP contribution in [0.3, 0.4) is 0 Å². The molecule has 2 saturated heterocycles. The first kappa shape index (κ1) is 11.3. The Bertz CT molecular complexity index is 378. The number of piperidine rings is 1. The van der Waals surface area contributed by atoms with E-state index in [0.717, 1.165) is 29.5 Å². The summed E-state index contributed by atoms with van der Waals surface area (Å²) in [5.41, 5.74) is 5.61. The van der Waals surface area contributed by atoms with Crippen LogP contribution in [0.15, 0.2) is 6.07 Å². The van der Waals surface area contributed by atoms with Gasteiger partial charge in [-0.25, -0.2) is 0 Å². The van der Waals surface area contributed by atoms with Crippen molar-refractivity contribution < 1.29 is 0 Å². The van der Waals surface area contributed by atoms with Crippen LogP contribution >= 0.6 is 11.5 Å². The Morgan fingerprint density at radius 1 is 1.47 bits per heavy atom. The summed E-state index contributed by atoms with van der Waals surface area (Å²) in [6, 6.07) is 3.58.